The van der Waals surface area contributed by atoms with Gasteiger partial charge in [0.2, 0.25) is 11.1 Å². The van der Waals surface area contributed by atoms with Gasteiger partial charge in [0.1, 0.15) is 6.33 Å². The van der Waals surface area contributed by atoms with E-state index in [1.165, 1.54) is 23.1 Å². The number of hydrogen-bond acceptors (Lipinski definition) is 7. The quantitative estimate of drug-likeness (QED) is 0.591. The van der Waals surface area contributed by atoms with Crippen LogP contribution in [-0.4, -0.2) is 41.2 Å². The molecule has 1 aromatic carbocycles. The Hall–Kier alpha value is -2.07. The third kappa shape index (κ3) is 3.95. The molecule has 0 aliphatic rings. The Morgan fingerprint density at radius 2 is 2.14 bits per heavy atom. The summed E-state index contributed by atoms with van der Waals surface area (Å²) in [7, 11) is -3.41. The SMILES string of the molecule is CS(=O)(=O)c1ccccc1NC(=O)CSc1nncn1N. The van der Waals surface area contributed by atoms with Gasteiger partial charge in [0.15, 0.2) is 9.84 Å². The number of thioether (sulfide) groups is 1. The summed E-state index contributed by atoms with van der Waals surface area (Å²) in [6, 6.07) is 6.21. The lowest BCUT2D eigenvalue weighted by Crippen LogP contribution is -2.17. The average Bonchev–Trinajstić information content (AvgIpc) is 2.81. The highest BCUT2D eigenvalue weighted by atomic mass is 32.2. The molecule has 0 unspecified atom stereocenters. The number of hydrogen-bond donors (Lipinski definition) is 2. The van der Waals surface area contributed by atoms with Crippen LogP contribution in [0.25, 0.3) is 0 Å². The van der Waals surface area contributed by atoms with Crippen LogP contribution < -0.4 is 11.2 Å². The van der Waals surface area contributed by atoms with Crippen molar-refractivity contribution in [1.29, 1.82) is 0 Å². The van der Waals surface area contributed by atoms with Crippen molar-refractivity contribution in [3.8, 4) is 0 Å². The van der Waals surface area contributed by atoms with Gasteiger partial charge < -0.3 is 11.2 Å². The Kier molecular flexibility index (Phi) is 4.48. The zero-order valence-electron chi connectivity index (χ0n) is 11.1. The minimum absolute atomic E-state index is 0.0357. The van der Waals surface area contributed by atoms with Gasteiger partial charge in [-0.2, -0.15) is 0 Å². The van der Waals surface area contributed by atoms with Gasteiger partial charge in [-0.3, -0.25) is 4.79 Å². The first-order chi connectivity index (χ1) is 9.88. The highest BCUT2D eigenvalue weighted by Crippen LogP contribution is 2.21. The van der Waals surface area contributed by atoms with Crippen molar-refractivity contribution in [1.82, 2.24) is 14.9 Å². The Balaban J connectivity index is 2.05. The number of rotatable bonds is 5. The van der Waals surface area contributed by atoms with Crippen molar-refractivity contribution in [2.75, 3.05) is 23.2 Å². The van der Waals surface area contributed by atoms with E-state index < -0.39 is 9.84 Å². The molecule has 0 bridgehead atoms. The van der Waals surface area contributed by atoms with Crippen LogP contribution in [0.4, 0.5) is 5.69 Å². The molecule has 10 heteroatoms. The molecule has 0 atom stereocenters. The maximum absolute atomic E-state index is 11.9. The smallest absolute Gasteiger partial charge is 0.234 e. The molecule has 1 aromatic heterocycles. The fraction of sp³-hybridized carbons (Fsp3) is 0.182. The second-order valence-electron chi connectivity index (χ2n) is 4.13. The molecule has 0 saturated heterocycles. The highest BCUT2D eigenvalue weighted by molar-refractivity contribution is 7.99. The topological polar surface area (TPSA) is 120 Å². The van der Waals surface area contributed by atoms with Crippen LogP contribution in [-0.2, 0) is 14.6 Å². The summed E-state index contributed by atoms with van der Waals surface area (Å²) in [5.41, 5.74) is 0.250. The van der Waals surface area contributed by atoms with Gasteiger partial charge in [0, 0.05) is 6.26 Å². The van der Waals surface area contributed by atoms with Crippen molar-refractivity contribution in [2.45, 2.75) is 10.1 Å². The van der Waals surface area contributed by atoms with Crippen molar-refractivity contribution in [3.05, 3.63) is 30.6 Å². The number of nitrogen functional groups attached to an aromatic ring is 1. The largest absolute Gasteiger partial charge is 0.336 e. The Morgan fingerprint density at radius 3 is 2.76 bits per heavy atom. The van der Waals surface area contributed by atoms with Crippen LogP contribution in [0.3, 0.4) is 0 Å². The van der Waals surface area contributed by atoms with E-state index in [0.717, 1.165) is 18.0 Å². The van der Waals surface area contributed by atoms with E-state index in [-0.39, 0.29) is 22.2 Å². The molecule has 1 amide bonds. The number of nitrogens with zero attached hydrogens (tertiary/aromatic N) is 3. The molecule has 1 heterocycles. The summed E-state index contributed by atoms with van der Waals surface area (Å²) in [5.74, 6) is 5.19. The second kappa shape index (κ2) is 6.14. The summed E-state index contributed by atoms with van der Waals surface area (Å²) in [5, 5.41) is 10.3. The number of amides is 1. The number of benzene rings is 1. The van der Waals surface area contributed by atoms with Crippen molar-refractivity contribution in [2.24, 2.45) is 0 Å². The molecule has 0 aliphatic heterocycles. The molecule has 0 aliphatic carbocycles. The van der Waals surface area contributed by atoms with Gasteiger partial charge >= 0.3 is 0 Å². The maximum Gasteiger partial charge on any atom is 0.234 e. The average molecular weight is 327 g/mol. The summed E-state index contributed by atoms with van der Waals surface area (Å²) in [6.45, 7) is 0. The van der Waals surface area contributed by atoms with Gasteiger partial charge in [-0.1, -0.05) is 23.9 Å². The van der Waals surface area contributed by atoms with E-state index in [2.05, 4.69) is 15.5 Å². The van der Waals surface area contributed by atoms with Crippen molar-refractivity contribution in [3.63, 3.8) is 0 Å². The predicted molar refractivity (Wildman–Crippen MR) is 79.1 cm³/mol. The lowest BCUT2D eigenvalue weighted by Gasteiger charge is -2.09. The second-order valence-corrected chi connectivity index (χ2v) is 7.05. The molecule has 0 radical (unpaired) electrons. The van der Waals surface area contributed by atoms with E-state index >= 15 is 0 Å². The normalized spacial score (nSPS) is 11.3. The van der Waals surface area contributed by atoms with Crippen LogP contribution in [0, 0.1) is 0 Å². The van der Waals surface area contributed by atoms with E-state index in [1.54, 1.807) is 12.1 Å². The summed E-state index contributed by atoms with van der Waals surface area (Å²) in [4.78, 5) is 11.9. The fourth-order valence-electron chi connectivity index (χ4n) is 1.54. The van der Waals surface area contributed by atoms with Crippen LogP contribution in [0.5, 0.6) is 0 Å². The van der Waals surface area contributed by atoms with E-state index in [9.17, 15) is 13.2 Å². The zero-order chi connectivity index (χ0) is 15.5. The van der Waals surface area contributed by atoms with Gasteiger partial charge in [-0.15, -0.1) is 10.2 Å². The Labute approximate surface area is 125 Å². The number of anilines is 1. The number of aromatic nitrogens is 3. The molecule has 0 saturated carbocycles. The molecule has 0 spiro atoms. The first-order valence-corrected chi connectivity index (χ1v) is 8.62. The third-order valence-corrected chi connectivity index (χ3v) is 4.55. The molecule has 0 fully saturated rings. The summed E-state index contributed by atoms with van der Waals surface area (Å²) >= 11 is 1.10. The first kappa shape index (κ1) is 15.3. The monoisotopic (exact) mass is 327 g/mol. The molecule has 21 heavy (non-hydrogen) atoms. The first-order valence-electron chi connectivity index (χ1n) is 5.75. The van der Waals surface area contributed by atoms with Gasteiger partial charge in [-0.25, -0.2) is 13.1 Å². The van der Waals surface area contributed by atoms with Crippen LogP contribution in [0.1, 0.15) is 0 Å². The van der Waals surface area contributed by atoms with Gasteiger partial charge in [-0.05, 0) is 12.1 Å². The molecular formula is C11H13N5O3S2. The number of para-hydroxylation sites is 1. The Bertz CT molecular complexity index is 757. The molecule has 2 aromatic rings. The minimum Gasteiger partial charge on any atom is -0.336 e. The van der Waals surface area contributed by atoms with Crippen LogP contribution in [0.2, 0.25) is 0 Å². The molecule has 8 nitrogen and oxygen atoms in total. The summed E-state index contributed by atoms with van der Waals surface area (Å²) in [6.07, 6.45) is 2.41. The predicted octanol–water partition coefficient (Wildman–Crippen LogP) is 0.126. The van der Waals surface area contributed by atoms with Crippen molar-refractivity contribution >= 4 is 33.2 Å². The lowest BCUT2D eigenvalue weighted by molar-refractivity contribution is -0.113. The molecular weight excluding hydrogens is 314 g/mol. The van der Waals surface area contributed by atoms with Crippen LogP contribution >= 0.6 is 11.8 Å². The number of nitrogens with one attached hydrogen (secondary N) is 1. The Morgan fingerprint density at radius 1 is 1.43 bits per heavy atom. The highest BCUT2D eigenvalue weighted by Gasteiger charge is 2.15. The number of nitrogens with two attached hydrogens (primary N) is 1. The lowest BCUT2D eigenvalue weighted by atomic mass is 10.3. The third-order valence-electron chi connectivity index (χ3n) is 2.43. The number of sulfone groups is 1. The maximum atomic E-state index is 11.9. The number of carbonyl (C=O) groups is 1. The fourth-order valence-corrected chi connectivity index (χ4v) is 3.02. The van der Waals surface area contributed by atoms with E-state index in [1.807, 2.05) is 0 Å². The molecule has 3 N–H and O–H groups in total. The van der Waals surface area contributed by atoms with E-state index in [4.69, 9.17) is 5.84 Å². The standard InChI is InChI=1S/C11H13N5O3S2/c1-21(18,19)9-5-3-2-4-8(9)14-10(17)6-20-11-15-13-7-16(11)12/h2-5,7H,6,12H2,1H3,(H,14,17). The van der Waals surface area contributed by atoms with Gasteiger partial charge in [0.25, 0.3) is 0 Å². The van der Waals surface area contributed by atoms with Crippen molar-refractivity contribution < 1.29 is 13.2 Å². The van der Waals surface area contributed by atoms with E-state index in [0.29, 0.717) is 5.16 Å². The summed E-state index contributed by atoms with van der Waals surface area (Å²) < 4.78 is 24.5. The molecule has 112 valence electrons. The zero-order valence-corrected chi connectivity index (χ0v) is 12.7. The minimum atomic E-state index is -3.41. The number of carbonyl (C=O) groups excluding carboxylic acids is 1. The van der Waals surface area contributed by atoms with Crippen LogP contribution in [0.15, 0.2) is 40.6 Å². The van der Waals surface area contributed by atoms with Gasteiger partial charge in [0.05, 0.1) is 16.3 Å². The molecule has 2 rings (SSSR count).